The summed E-state index contributed by atoms with van der Waals surface area (Å²) in [5, 5.41) is 23.4. The first-order chi connectivity index (χ1) is 14.5. The van der Waals surface area contributed by atoms with Crippen molar-refractivity contribution in [1.29, 1.82) is 0 Å². The molecule has 152 valence electrons. The highest BCUT2D eigenvalue weighted by molar-refractivity contribution is 7.22. The number of benzene rings is 1. The number of nitrogens with zero attached hydrogens (tertiary/aromatic N) is 3. The highest BCUT2D eigenvalue weighted by Gasteiger charge is 2.29. The number of H-pyrrole nitrogens is 2. The average molecular weight is 420 g/mol. The van der Waals surface area contributed by atoms with Crippen molar-refractivity contribution < 1.29 is 9.63 Å². The van der Waals surface area contributed by atoms with Crippen molar-refractivity contribution in [2.75, 3.05) is 0 Å². The van der Waals surface area contributed by atoms with Crippen molar-refractivity contribution in [2.24, 2.45) is 0 Å². The van der Waals surface area contributed by atoms with E-state index >= 15 is 0 Å². The summed E-state index contributed by atoms with van der Waals surface area (Å²) >= 11 is 1.59. The summed E-state index contributed by atoms with van der Waals surface area (Å²) in [7, 11) is 0. The molecule has 6 rings (SSSR count). The van der Waals surface area contributed by atoms with Crippen LogP contribution in [0.5, 0.6) is 0 Å². The smallest absolute Gasteiger partial charge is 0.268 e. The third-order valence-corrected chi connectivity index (χ3v) is 7.15. The van der Waals surface area contributed by atoms with Gasteiger partial charge in [0.15, 0.2) is 5.82 Å². The van der Waals surface area contributed by atoms with Gasteiger partial charge in [0, 0.05) is 16.8 Å². The Morgan fingerprint density at radius 1 is 1.23 bits per heavy atom. The lowest BCUT2D eigenvalue weighted by Crippen LogP contribution is -2.19. The number of hydrogen-bond donors (Lipinski definition) is 3. The van der Waals surface area contributed by atoms with Crippen molar-refractivity contribution in [3.8, 4) is 22.2 Å². The SMILES string of the molecule is CCC(C)(O)c1ccc2cc(-c3n[nH]c4cc(-c5nc(C6CC6)no5)sc34)[nH]c2c1. The second kappa shape index (κ2) is 6.26. The van der Waals surface area contributed by atoms with Crippen LogP contribution >= 0.6 is 11.3 Å². The minimum absolute atomic E-state index is 0.467. The van der Waals surface area contributed by atoms with Gasteiger partial charge in [-0.1, -0.05) is 24.2 Å². The molecule has 3 N–H and O–H groups in total. The minimum Gasteiger partial charge on any atom is -0.385 e. The third-order valence-electron chi connectivity index (χ3n) is 6.02. The molecule has 7 nitrogen and oxygen atoms in total. The van der Waals surface area contributed by atoms with Crippen molar-refractivity contribution >= 4 is 32.5 Å². The fourth-order valence-corrected chi connectivity index (χ4v) is 4.77. The van der Waals surface area contributed by atoms with Gasteiger partial charge >= 0.3 is 0 Å². The maximum absolute atomic E-state index is 10.6. The van der Waals surface area contributed by atoms with Crippen LogP contribution in [0.1, 0.15) is 50.4 Å². The zero-order valence-electron chi connectivity index (χ0n) is 16.7. The van der Waals surface area contributed by atoms with Gasteiger partial charge in [0.1, 0.15) is 5.69 Å². The summed E-state index contributed by atoms with van der Waals surface area (Å²) in [4.78, 5) is 8.97. The molecule has 1 atom stereocenters. The van der Waals surface area contributed by atoms with Crippen LogP contribution < -0.4 is 0 Å². The summed E-state index contributed by atoms with van der Waals surface area (Å²) < 4.78 is 6.53. The van der Waals surface area contributed by atoms with Gasteiger partial charge in [0.25, 0.3) is 5.89 Å². The Morgan fingerprint density at radius 3 is 2.90 bits per heavy atom. The lowest BCUT2D eigenvalue weighted by Gasteiger charge is -2.21. The van der Waals surface area contributed by atoms with Crippen molar-refractivity contribution in [3.05, 3.63) is 41.7 Å². The van der Waals surface area contributed by atoms with Gasteiger partial charge in [-0.2, -0.15) is 10.1 Å². The zero-order chi connectivity index (χ0) is 20.5. The number of aliphatic hydroxyl groups is 1. The lowest BCUT2D eigenvalue weighted by molar-refractivity contribution is 0.0532. The van der Waals surface area contributed by atoms with Crippen LogP contribution in [-0.2, 0) is 5.60 Å². The summed E-state index contributed by atoms with van der Waals surface area (Å²) in [6.45, 7) is 3.82. The number of hydrogen-bond acceptors (Lipinski definition) is 6. The molecule has 5 aromatic rings. The molecule has 30 heavy (non-hydrogen) atoms. The van der Waals surface area contributed by atoms with Crippen LogP contribution in [0, 0.1) is 0 Å². The highest BCUT2D eigenvalue weighted by Crippen LogP contribution is 2.41. The molecular formula is C22H21N5O2S. The molecule has 0 aliphatic heterocycles. The van der Waals surface area contributed by atoms with Gasteiger partial charge in [0.2, 0.25) is 0 Å². The molecular weight excluding hydrogens is 398 g/mol. The van der Waals surface area contributed by atoms with E-state index in [9.17, 15) is 5.11 Å². The summed E-state index contributed by atoms with van der Waals surface area (Å²) in [6, 6.07) is 10.1. The number of aromatic nitrogens is 5. The van der Waals surface area contributed by atoms with E-state index in [1.54, 1.807) is 11.3 Å². The second-order valence-electron chi connectivity index (χ2n) is 8.27. The molecule has 4 heterocycles. The summed E-state index contributed by atoms with van der Waals surface area (Å²) in [6.07, 6.45) is 2.95. The molecule has 0 amide bonds. The fourth-order valence-electron chi connectivity index (χ4n) is 3.74. The van der Waals surface area contributed by atoms with Gasteiger partial charge in [-0.25, -0.2) is 0 Å². The molecule has 1 aliphatic rings. The second-order valence-corrected chi connectivity index (χ2v) is 9.32. The Balaban J connectivity index is 1.40. The number of fused-ring (bicyclic) bond motifs is 2. The van der Waals surface area contributed by atoms with Gasteiger partial charge in [-0.05, 0) is 49.9 Å². The minimum atomic E-state index is -0.842. The van der Waals surface area contributed by atoms with Crippen LogP contribution in [0.2, 0.25) is 0 Å². The van der Waals surface area contributed by atoms with E-state index in [4.69, 9.17) is 4.52 Å². The van der Waals surface area contributed by atoms with Gasteiger partial charge in [-0.3, -0.25) is 5.10 Å². The first-order valence-corrected chi connectivity index (χ1v) is 11.0. The standard InChI is InChI=1S/C22H21N5O2S/c1-3-22(2,28)13-7-6-12-8-15(23-14(12)9-13)18-19-16(25-26-18)10-17(30-19)21-24-20(27-29-21)11-4-5-11/h6-11,23,28H,3-5H2,1-2H3,(H,25,26). The maximum atomic E-state index is 10.6. The molecule has 1 saturated carbocycles. The van der Waals surface area contributed by atoms with E-state index in [1.807, 2.05) is 38.1 Å². The molecule has 0 radical (unpaired) electrons. The van der Waals surface area contributed by atoms with Crippen LogP contribution in [-0.4, -0.2) is 30.4 Å². The Bertz CT molecular complexity index is 1390. The Labute approximate surface area is 176 Å². The average Bonchev–Trinajstić information content (AvgIpc) is 3.12. The van der Waals surface area contributed by atoms with Crippen molar-refractivity contribution in [2.45, 2.75) is 44.6 Å². The monoisotopic (exact) mass is 419 g/mol. The Kier molecular flexibility index (Phi) is 3.73. The van der Waals surface area contributed by atoms with E-state index in [1.165, 1.54) is 0 Å². The molecule has 4 aromatic heterocycles. The highest BCUT2D eigenvalue weighted by atomic mass is 32.1. The van der Waals surface area contributed by atoms with Gasteiger partial charge in [0.05, 0.1) is 26.4 Å². The third kappa shape index (κ3) is 2.79. The molecule has 8 heteroatoms. The topological polar surface area (TPSA) is 104 Å². The first kappa shape index (κ1) is 17.9. The van der Waals surface area contributed by atoms with Gasteiger partial charge < -0.3 is 14.6 Å². The largest absolute Gasteiger partial charge is 0.385 e. The molecule has 0 bridgehead atoms. The maximum Gasteiger partial charge on any atom is 0.268 e. The Morgan fingerprint density at radius 2 is 2.10 bits per heavy atom. The molecule has 1 fully saturated rings. The zero-order valence-corrected chi connectivity index (χ0v) is 17.5. The fraction of sp³-hybridized carbons (Fsp3) is 0.318. The summed E-state index contributed by atoms with van der Waals surface area (Å²) in [5.74, 6) is 1.85. The van der Waals surface area contributed by atoms with Crippen LogP contribution in [0.3, 0.4) is 0 Å². The van der Waals surface area contributed by atoms with Crippen LogP contribution in [0.15, 0.2) is 34.9 Å². The summed E-state index contributed by atoms with van der Waals surface area (Å²) in [5.41, 5.74) is 3.79. The predicted molar refractivity (Wildman–Crippen MR) is 116 cm³/mol. The van der Waals surface area contributed by atoms with E-state index in [2.05, 4.69) is 31.4 Å². The van der Waals surface area contributed by atoms with E-state index in [0.29, 0.717) is 18.2 Å². The normalized spacial score (nSPS) is 16.5. The van der Waals surface area contributed by atoms with Gasteiger partial charge in [-0.15, -0.1) is 11.3 Å². The van der Waals surface area contributed by atoms with Crippen LogP contribution in [0.25, 0.3) is 43.3 Å². The number of thiophene rings is 1. The molecule has 1 unspecified atom stereocenters. The van der Waals surface area contributed by atoms with Crippen molar-refractivity contribution in [1.82, 2.24) is 25.3 Å². The molecule has 1 aromatic carbocycles. The van der Waals surface area contributed by atoms with Crippen LogP contribution in [0.4, 0.5) is 0 Å². The van der Waals surface area contributed by atoms with E-state index in [0.717, 1.165) is 61.6 Å². The molecule has 1 aliphatic carbocycles. The van der Waals surface area contributed by atoms with E-state index in [-0.39, 0.29) is 0 Å². The molecule has 0 spiro atoms. The Hall–Kier alpha value is -2.97. The first-order valence-electron chi connectivity index (χ1n) is 10.2. The lowest BCUT2D eigenvalue weighted by atomic mass is 9.93. The number of nitrogens with one attached hydrogen (secondary N) is 2. The number of aromatic amines is 2. The molecule has 0 saturated heterocycles. The van der Waals surface area contributed by atoms with E-state index < -0.39 is 5.60 Å². The quantitative estimate of drug-likeness (QED) is 0.358. The van der Waals surface area contributed by atoms with Crippen molar-refractivity contribution in [3.63, 3.8) is 0 Å². The predicted octanol–water partition coefficient (Wildman–Crippen LogP) is 5.32. The number of rotatable bonds is 5.